The van der Waals surface area contributed by atoms with Gasteiger partial charge < -0.3 is 24.0 Å². The van der Waals surface area contributed by atoms with Crippen LogP contribution in [0.3, 0.4) is 0 Å². The van der Waals surface area contributed by atoms with E-state index in [2.05, 4.69) is 0 Å². The first kappa shape index (κ1) is 20.2. The number of carbonyl (C=O) groups excluding carboxylic acids is 1. The van der Waals surface area contributed by atoms with Crippen molar-refractivity contribution < 1.29 is 27.8 Å². The normalized spacial score (nSPS) is 15.2. The third-order valence-electron chi connectivity index (χ3n) is 3.84. The van der Waals surface area contributed by atoms with E-state index in [1.807, 2.05) is 0 Å². The number of halogens is 2. The fourth-order valence-corrected chi connectivity index (χ4v) is 2.57. The predicted octanol–water partition coefficient (Wildman–Crippen LogP) is 3.05. The number of amides is 1. The Hall–Kier alpha value is -2.09. The molecule has 2 rings (SSSR count). The quantitative estimate of drug-likeness (QED) is 0.744. The standard InChI is InChI=1S/C18H26F2N2O4/c1-18(2,3)26-17(23)22-9-7-21(8-10-22)13-5-6-14(16(20)15(13)19)25-12-11-24-4/h5-6H,7-12H2,1-4H3. The van der Waals surface area contributed by atoms with E-state index in [1.165, 1.54) is 19.2 Å². The van der Waals surface area contributed by atoms with Crippen molar-refractivity contribution >= 4 is 11.8 Å². The van der Waals surface area contributed by atoms with Crippen LogP contribution in [0.2, 0.25) is 0 Å². The summed E-state index contributed by atoms with van der Waals surface area (Å²) in [6, 6.07) is 2.90. The molecule has 1 aliphatic rings. The zero-order chi connectivity index (χ0) is 19.3. The maximum absolute atomic E-state index is 14.4. The summed E-state index contributed by atoms with van der Waals surface area (Å²) in [7, 11) is 1.50. The number of piperazine rings is 1. The molecule has 1 aromatic carbocycles. The minimum atomic E-state index is -1.02. The van der Waals surface area contributed by atoms with E-state index in [4.69, 9.17) is 14.2 Å². The number of rotatable bonds is 5. The summed E-state index contributed by atoms with van der Waals surface area (Å²) in [6.07, 6.45) is -0.398. The summed E-state index contributed by atoms with van der Waals surface area (Å²) in [5.41, 5.74) is -0.410. The molecule has 26 heavy (non-hydrogen) atoms. The molecule has 0 spiro atoms. The van der Waals surface area contributed by atoms with Gasteiger partial charge in [-0.15, -0.1) is 0 Å². The average molecular weight is 372 g/mol. The number of nitrogens with zero attached hydrogens (tertiary/aromatic N) is 2. The fraction of sp³-hybridized carbons (Fsp3) is 0.611. The van der Waals surface area contributed by atoms with Gasteiger partial charge in [0.1, 0.15) is 12.2 Å². The fourth-order valence-electron chi connectivity index (χ4n) is 2.57. The molecule has 1 aromatic rings. The molecule has 0 atom stereocenters. The molecule has 1 heterocycles. The smallest absolute Gasteiger partial charge is 0.410 e. The molecule has 8 heteroatoms. The highest BCUT2D eigenvalue weighted by atomic mass is 19.2. The van der Waals surface area contributed by atoms with Crippen LogP contribution in [0.15, 0.2) is 12.1 Å². The van der Waals surface area contributed by atoms with Crippen LogP contribution in [0.25, 0.3) is 0 Å². The Kier molecular flexibility index (Phi) is 6.63. The van der Waals surface area contributed by atoms with Gasteiger partial charge in [-0.25, -0.2) is 9.18 Å². The SMILES string of the molecule is COCCOc1ccc(N2CCN(C(=O)OC(C)(C)C)CC2)c(F)c1F. The second-order valence-electron chi connectivity index (χ2n) is 7.01. The Morgan fingerprint density at radius 1 is 1.08 bits per heavy atom. The van der Waals surface area contributed by atoms with Gasteiger partial charge in [0.15, 0.2) is 11.6 Å². The highest BCUT2D eigenvalue weighted by Crippen LogP contribution is 2.29. The number of ether oxygens (including phenoxy) is 3. The van der Waals surface area contributed by atoms with Gasteiger partial charge in [0.05, 0.1) is 12.3 Å². The molecule has 1 aliphatic heterocycles. The van der Waals surface area contributed by atoms with Crippen molar-refractivity contribution in [2.24, 2.45) is 0 Å². The van der Waals surface area contributed by atoms with Crippen LogP contribution in [0.4, 0.5) is 19.3 Å². The molecule has 0 unspecified atom stereocenters. The van der Waals surface area contributed by atoms with Crippen LogP contribution in [-0.4, -0.2) is 63.1 Å². The second-order valence-corrected chi connectivity index (χ2v) is 7.01. The number of benzene rings is 1. The third-order valence-corrected chi connectivity index (χ3v) is 3.84. The molecule has 0 bridgehead atoms. The first-order valence-corrected chi connectivity index (χ1v) is 8.55. The van der Waals surface area contributed by atoms with Crippen molar-refractivity contribution in [2.45, 2.75) is 26.4 Å². The Labute approximate surface area is 152 Å². The van der Waals surface area contributed by atoms with Crippen molar-refractivity contribution in [3.63, 3.8) is 0 Å². The summed E-state index contributed by atoms with van der Waals surface area (Å²) in [5.74, 6) is -2.12. The highest BCUT2D eigenvalue weighted by molar-refractivity contribution is 5.68. The zero-order valence-electron chi connectivity index (χ0n) is 15.7. The van der Waals surface area contributed by atoms with Gasteiger partial charge >= 0.3 is 6.09 Å². The first-order chi connectivity index (χ1) is 12.2. The Morgan fingerprint density at radius 3 is 2.31 bits per heavy atom. The topological polar surface area (TPSA) is 51.2 Å². The van der Waals surface area contributed by atoms with E-state index >= 15 is 0 Å². The zero-order valence-corrected chi connectivity index (χ0v) is 15.7. The van der Waals surface area contributed by atoms with Crippen molar-refractivity contribution in [1.82, 2.24) is 4.90 Å². The summed E-state index contributed by atoms with van der Waals surface area (Å²) < 4.78 is 43.9. The number of methoxy groups -OCH3 is 1. The van der Waals surface area contributed by atoms with Crippen molar-refractivity contribution in [3.8, 4) is 5.75 Å². The molecule has 1 amide bonds. The van der Waals surface area contributed by atoms with E-state index in [0.29, 0.717) is 26.2 Å². The highest BCUT2D eigenvalue weighted by Gasteiger charge is 2.28. The molecule has 6 nitrogen and oxygen atoms in total. The van der Waals surface area contributed by atoms with Crippen molar-refractivity contribution in [3.05, 3.63) is 23.8 Å². The van der Waals surface area contributed by atoms with Crippen LogP contribution in [0.5, 0.6) is 5.75 Å². The van der Waals surface area contributed by atoms with Gasteiger partial charge in [-0.3, -0.25) is 0 Å². The molecular weight excluding hydrogens is 346 g/mol. The molecule has 0 radical (unpaired) electrons. The number of hydrogen-bond acceptors (Lipinski definition) is 5. The van der Waals surface area contributed by atoms with Gasteiger partial charge in [-0.05, 0) is 32.9 Å². The van der Waals surface area contributed by atoms with Gasteiger partial charge in [0.25, 0.3) is 0 Å². The van der Waals surface area contributed by atoms with E-state index in [0.717, 1.165) is 0 Å². The lowest BCUT2D eigenvalue weighted by atomic mass is 10.2. The molecule has 1 fully saturated rings. The maximum atomic E-state index is 14.4. The molecule has 0 N–H and O–H groups in total. The lowest BCUT2D eigenvalue weighted by molar-refractivity contribution is 0.0240. The Morgan fingerprint density at radius 2 is 1.73 bits per heavy atom. The van der Waals surface area contributed by atoms with E-state index in [1.54, 1.807) is 30.6 Å². The molecule has 0 saturated carbocycles. The Balaban J connectivity index is 1.98. The van der Waals surface area contributed by atoms with Crippen molar-refractivity contribution in [2.75, 3.05) is 51.4 Å². The van der Waals surface area contributed by atoms with E-state index in [-0.39, 0.29) is 24.7 Å². The van der Waals surface area contributed by atoms with Crippen LogP contribution >= 0.6 is 0 Å². The summed E-state index contributed by atoms with van der Waals surface area (Å²) in [6.45, 7) is 7.36. The van der Waals surface area contributed by atoms with E-state index in [9.17, 15) is 13.6 Å². The summed E-state index contributed by atoms with van der Waals surface area (Å²) in [4.78, 5) is 15.3. The van der Waals surface area contributed by atoms with Crippen LogP contribution in [0.1, 0.15) is 20.8 Å². The number of carbonyl (C=O) groups is 1. The minimum Gasteiger partial charge on any atom is -0.488 e. The third kappa shape index (κ3) is 5.20. The lowest BCUT2D eigenvalue weighted by Crippen LogP contribution is -2.50. The minimum absolute atomic E-state index is 0.140. The largest absolute Gasteiger partial charge is 0.488 e. The summed E-state index contributed by atoms with van der Waals surface area (Å²) in [5, 5.41) is 0. The van der Waals surface area contributed by atoms with Gasteiger partial charge in [0.2, 0.25) is 5.82 Å². The predicted molar refractivity (Wildman–Crippen MR) is 93.7 cm³/mol. The molecular formula is C18H26F2N2O4. The second kappa shape index (κ2) is 8.53. The Bertz CT molecular complexity index is 626. The summed E-state index contributed by atoms with van der Waals surface area (Å²) >= 11 is 0. The van der Waals surface area contributed by atoms with Gasteiger partial charge in [-0.1, -0.05) is 0 Å². The first-order valence-electron chi connectivity index (χ1n) is 8.55. The molecule has 0 aliphatic carbocycles. The molecule has 1 saturated heterocycles. The van der Waals surface area contributed by atoms with Crippen LogP contribution in [-0.2, 0) is 9.47 Å². The maximum Gasteiger partial charge on any atom is 0.410 e. The van der Waals surface area contributed by atoms with Crippen LogP contribution in [0, 0.1) is 11.6 Å². The van der Waals surface area contributed by atoms with Crippen molar-refractivity contribution in [1.29, 1.82) is 0 Å². The van der Waals surface area contributed by atoms with E-state index < -0.39 is 23.3 Å². The number of hydrogen-bond donors (Lipinski definition) is 0. The van der Waals surface area contributed by atoms with Crippen LogP contribution < -0.4 is 9.64 Å². The average Bonchev–Trinajstić information content (AvgIpc) is 2.58. The lowest BCUT2D eigenvalue weighted by Gasteiger charge is -2.36. The van der Waals surface area contributed by atoms with Gasteiger partial charge in [0, 0.05) is 33.3 Å². The molecule has 146 valence electrons. The monoisotopic (exact) mass is 372 g/mol. The van der Waals surface area contributed by atoms with Gasteiger partial charge in [-0.2, -0.15) is 4.39 Å². The molecule has 0 aromatic heterocycles. The number of anilines is 1.